The van der Waals surface area contributed by atoms with Gasteiger partial charge in [0.15, 0.2) is 0 Å². The van der Waals surface area contributed by atoms with Crippen LogP contribution < -0.4 is 5.73 Å². The van der Waals surface area contributed by atoms with Crippen molar-refractivity contribution in [2.24, 2.45) is 5.73 Å². The lowest BCUT2D eigenvalue weighted by Gasteiger charge is -2.24. The molecule has 6 nitrogen and oxygen atoms in total. The van der Waals surface area contributed by atoms with E-state index in [1.165, 1.54) is 4.90 Å². The highest BCUT2D eigenvalue weighted by molar-refractivity contribution is 5.82. The quantitative estimate of drug-likeness (QED) is 0.781. The van der Waals surface area contributed by atoms with Crippen molar-refractivity contribution in [2.45, 2.75) is 32.4 Å². The Hall–Kier alpha value is -2.39. The van der Waals surface area contributed by atoms with Gasteiger partial charge in [-0.15, -0.1) is 0 Å². The number of nitriles is 1. The molecular formula is C15H19N3O3. The highest BCUT2D eigenvalue weighted by Gasteiger charge is 2.21. The highest BCUT2D eigenvalue weighted by atomic mass is 16.4. The van der Waals surface area contributed by atoms with E-state index in [9.17, 15) is 9.59 Å². The van der Waals surface area contributed by atoms with Crippen LogP contribution in [0.3, 0.4) is 0 Å². The van der Waals surface area contributed by atoms with Crippen LogP contribution in [0.15, 0.2) is 24.3 Å². The van der Waals surface area contributed by atoms with Crippen molar-refractivity contribution < 1.29 is 14.7 Å². The molecule has 0 radical (unpaired) electrons. The van der Waals surface area contributed by atoms with Gasteiger partial charge in [-0.1, -0.05) is 18.2 Å². The molecule has 0 spiro atoms. The maximum atomic E-state index is 12.2. The third-order valence-corrected chi connectivity index (χ3v) is 3.18. The molecule has 21 heavy (non-hydrogen) atoms. The average molecular weight is 289 g/mol. The third-order valence-electron chi connectivity index (χ3n) is 3.18. The van der Waals surface area contributed by atoms with Gasteiger partial charge < -0.3 is 15.7 Å². The fraction of sp³-hybridized carbons (Fsp3) is 0.400. The van der Waals surface area contributed by atoms with Gasteiger partial charge in [0.25, 0.3) is 0 Å². The number of hydrogen-bond donors (Lipinski definition) is 2. The zero-order chi connectivity index (χ0) is 15.8. The van der Waals surface area contributed by atoms with Crippen molar-refractivity contribution in [1.82, 2.24) is 4.90 Å². The molecule has 0 aromatic heterocycles. The second-order valence-electron chi connectivity index (χ2n) is 4.66. The van der Waals surface area contributed by atoms with Crippen LogP contribution in [-0.2, 0) is 16.1 Å². The van der Waals surface area contributed by atoms with Crippen LogP contribution >= 0.6 is 0 Å². The van der Waals surface area contributed by atoms with Crippen LogP contribution in [0.1, 0.15) is 30.9 Å². The van der Waals surface area contributed by atoms with Gasteiger partial charge in [0.05, 0.1) is 17.7 Å². The Labute approximate surface area is 123 Å². The van der Waals surface area contributed by atoms with E-state index in [-0.39, 0.29) is 18.7 Å². The summed E-state index contributed by atoms with van der Waals surface area (Å²) in [7, 11) is 0. The standard InChI is InChI=1S/C15H19N3O3/c1-2-18(15(21)13(17)7-8-14(19)20)10-12-6-4-3-5-11(12)9-16/h3-6,13H,2,7-8,10,17H2,1H3,(H,19,20). The Balaban J connectivity index is 2.76. The van der Waals surface area contributed by atoms with E-state index in [0.717, 1.165) is 5.56 Å². The molecule has 1 aromatic rings. The van der Waals surface area contributed by atoms with E-state index >= 15 is 0 Å². The van der Waals surface area contributed by atoms with Gasteiger partial charge in [-0.2, -0.15) is 5.26 Å². The Morgan fingerprint density at radius 2 is 2.10 bits per heavy atom. The fourth-order valence-corrected chi connectivity index (χ4v) is 1.96. The van der Waals surface area contributed by atoms with Gasteiger partial charge in [0.2, 0.25) is 5.91 Å². The Morgan fingerprint density at radius 1 is 1.43 bits per heavy atom. The normalized spacial score (nSPS) is 11.5. The van der Waals surface area contributed by atoms with Gasteiger partial charge >= 0.3 is 5.97 Å². The molecule has 0 saturated heterocycles. The smallest absolute Gasteiger partial charge is 0.303 e. The molecule has 0 aliphatic carbocycles. The summed E-state index contributed by atoms with van der Waals surface area (Å²) in [6.45, 7) is 2.55. The molecule has 0 aliphatic rings. The highest BCUT2D eigenvalue weighted by Crippen LogP contribution is 2.12. The van der Waals surface area contributed by atoms with E-state index in [1.54, 1.807) is 24.3 Å². The number of amides is 1. The first-order valence-corrected chi connectivity index (χ1v) is 6.73. The van der Waals surface area contributed by atoms with Crippen LogP contribution in [0.5, 0.6) is 0 Å². The molecule has 3 N–H and O–H groups in total. The minimum Gasteiger partial charge on any atom is -0.481 e. The van der Waals surface area contributed by atoms with Gasteiger partial charge in [-0.25, -0.2) is 0 Å². The predicted molar refractivity (Wildman–Crippen MR) is 77.1 cm³/mol. The number of nitrogens with two attached hydrogens (primary N) is 1. The van der Waals surface area contributed by atoms with Gasteiger partial charge in [0.1, 0.15) is 0 Å². The molecule has 1 atom stereocenters. The SMILES string of the molecule is CCN(Cc1ccccc1C#N)C(=O)C(N)CCC(=O)O. The van der Waals surface area contributed by atoms with Crippen LogP contribution in [0.2, 0.25) is 0 Å². The second-order valence-corrected chi connectivity index (χ2v) is 4.66. The number of likely N-dealkylation sites (N-methyl/N-ethyl adjacent to an activating group) is 1. The summed E-state index contributed by atoms with van der Waals surface area (Å²) in [4.78, 5) is 24.3. The lowest BCUT2D eigenvalue weighted by atomic mass is 10.1. The minimum atomic E-state index is -0.976. The van der Waals surface area contributed by atoms with Crippen molar-refractivity contribution in [1.29, 1.82) is 5.26 Å². The van der Waals surface area contributed by atoms with Crippen LogP contribution in [0, 0.1) is 11.3 Å². The Morgan fingerprint density at radius 3 is 2.67 bits per heavy atom. The number of carboxylic acids is 1. The fourth-order valence-electron chi connectivity index (χ4n) is 1.96. The van der Waals surface area contributed by atoms with Crippen molar-refractivity contribution in [3.05, 3.63) is 35.4 Å². The zero-order valence-corrected chi connectivity index (χ0v) is 12.0. The summed E-state index contributed by atoms with van der Waals surface area (Å²) >= 11 is 0. The van der Waals surface area contributed by atoms with Crippen molar-refractivity contribution in [2.75, 3.05) is 6.54 Å². The van der Waals surface area contributed by atoms with Crippen molar-refractivity contribution in [3.63, 3.8) is 0 Å². The van der Waals surface area contributed by atoms with E-state index in [4.69, 9.17) is 16.1 Å². The summed E-state index contributed by atoms with van der Waals surface area (Å²) < 4.78 is 0. The van der Waals surface area contributed by atoms with Crippen LogP contribution in [0.25, 0.3) is 0 Å². The molecule has 1 rings (SSSR count). The van der Waals surface area contributed by atoms with Gasteiger partial charge in [-0.05, 0) is 25.0 Å². The number of carboxylic acid groups (broad SMARTS) is 1. The largest absolute Gasteiger partial charge is 0.481 e. The molecule has 1 unspecified atom stereocenters. The lowest BCUT2D eigenvalue weighted by molar-refractivity contribution is -0.137. The lowest BCUT2D eigenvalue weighted by Crippen LogP contribution is -2.43. The molecule has 1 amide bonds. The van der Waals surface area contributed by atoms with Gasteiger partial charge in [-0.3, -0.25) is 9.59 Å². The second kappa shape index (κ2) is 8.02. The maximum absolute atomic E-state index is 12.2. The molecule has 6 heteroatoms. The van der Waals surface area contributed by atoms with E-state index < -0.39 is 12.0 Å². The number of benzene rings is 1. The van der Waals surface area contributed by atoms with E-state index in [2.05, 4.69) is 6.07 Å². The zero-order valence-electron chi connectivity index (χ0n) is 12.0. The molecular weight excluding hydrogens is 270 g/mol. The predicted octanol–water partition coefficient (Wildman–Crippen LogP) is 1.10. The Kier molecular flexibility index (Phi) is 6.37. The number of hydrogen-bond acceptors (Lipinski definition) is 4. The maximum Gasteiger partial charge on any atom is 0.303 e. The first-order chi connectivity index (χ1) is 9.99. The van der Waals surface area contributed by atoms with Crippen LogP contribution in [0.4, 0.5) is 0 Å². The third kappa shape index (κ3) is 4.89. The summed E-state index contributed by atoms with van der Waals surface area (Å²) in [5.74, 6) is -1.28. The average Bonchev–Trinajstić information content (AvgIpc) is 2.49. The number of nitrogens with zero attached hydrogens (tertiary/aromatic N) is 2. The number of carbonyl (C=O) groups excluding carboxylic acids is 1. The molecule has 0 fully saturated rings. The van der Waals surface area contributed by atoms with E-state index in [0.29, 0.717) is 18.7 Å². The molecule has 1 aromatic carbocycles. The Bertz CT molecular complexity index is 551. The number of carbonyl (C=O) groups is 2. The van der Waals surface area contributed by atoms with Crippen molar-refractivity contribution in [3.8, 4) is 6.07 Å². The molecule has 0 aliphatic heterocycles. The van der Waals surface area contributed by atoms with Crippen molar-refractivity contribution >= 4 is 11.9 Å². The topological polar surface area (TPSA) is 107 Å². The number of rotatable bonds is 7. The summed E-state index contributed by atoms with van der Waals surface area (Å²) in [5.41, 5.74) is 7.01. The molecule has 0 saturated carbocycles. The molecule has 0 bridgehead atoms. The van der Waals surface area contributed by atoms with Gasteiger partial charge in [0, 0.05) is 19.5 Å². The van der Waals surface area contributed by atoms with E-state index in [1.807, 2.05) is 6.92 Å². The molecule has 112 valence electrons. The van der Waals surface area contributed by atoms with Crippen LogP contribution in [-0.4, -0.2) is 34.5 Å². The molecule has 0 heterocycles. The first-order valence-electron chi connectivity index (χ1n) is 6.73. The summed E-state index contributed by atoms with van der Waals surface area (Å²) in [6.07, 6.45) is -0.0379. The number of aliphatic carboxylic acids is 1. The minimum absolute atomic E-state index is 0.102. The monoisotopic (exact) mass is 289 g/mol. The summed E-state index contributed by atoms with van der Waals surface area (Å²) in [5, 5.41) is 17.7. The summed E-state index contributed by atoms with van der Waals surface area (Å²) in [6, 6.07) is 8.30. The first kappa shape index (κ1) is 16.7.